The van der Waals surface area contributed by atoms with Gasteiger partial charge in [-0.25, -0.2) is 0 Å². The molecule has 0 spiro atoms. The quantitative estimate of drug-likeness (QED) is 0.728. The van der Waals surface area contributed by atoms with Crippen LogP contribution >= 0.6 is 0 Å². The summed E-state index contributed by atoms with van der Waals surface area (Å²) >= 11 is 0. The van der Waals surface area contributed by atoms with Gasteiger partial charge in [0.2, 0.25) is 0 Å². The van der Waals surface area contributed by atoms with Gasteiger partial charge in [-0.2, -0.15) is 0 Å². The molecule has 0 radical (unpaired) electrons. The summed E-state index contributed by atoms with van der Waals surface area (Å²) < 4.78 is 5.69. The van der Waals surface area contributed by atoms with E-state index >= 15 is 0 Å². The highest BCUT2D eigenvalue weighted by atomic mass is 16.5. The van der Waals surface area contributed by atoms with Crippen LogP contribution in [-0.2, 0) is 16.0 Å². The zero-order valence-corrected chi connectivity index (χ0v) is 17.2. The first kappa shape index (κ1) is 19.5. The van der Waals surface area contributed by atoms with Crippen molar-refractivity contribution in [3.8, 4) is 5.75 Å². The number of Topliss-reactive ketones (excluding diaryl/α,β-unsaturated/α-hetero) is 1. The van der Waals surface area contributed by atoms with Gasteiger partial charge in [-0.05, 0) is 99.7 Å². The summed E-state index contributed by atoms with van der Waals surface area (Å²) in [5.41, 5.74) is 1.44. The van der Waals surface area contributed by atoms with Crippen LogP contribution < -0.4 is 10.1 Å². The molecular formula is C24H33NO3. The van der Waals surface area contributed by atoms with Crippen molar-refractivity contribution < 1.29 is 14.3 Å². The predicted octanol–water partition coefficient (Wildman–Crippen LogP) is 4.31. The Morgan fingerprint density at radius 1 is 1.07 bits per heavy atom. The van der Waals surface area contributed by atoms with E-state index < -0.39 is 0 Å². The van der Waals surface area contributed by atoms with Crippen molar-refractivity contribution in [2.24, 2.45) is 23.2 Å². The number of amides is 1. The lowest BCUT2D eigenvalue weighted by molar-refractivity contribution is -0.127. The maximum atomic E-state index is 12.5. The molecule has 4 fully saturated rings. The molecule has 0 saturated heterocycles. The zero-order chi connectivity index (χ0) is 19.7. The molecule has 0 aliphatic heterocycles. The molecule has 4 aliphatic carbocycles. The highest BCUT2D eigenvalue weighted by molar-refractivity contribution is 5.78. The number of nitrogens with one attached hydrogen (secondary N) is 1. The molecule has 1 atom stereocenters. The average Bonchev–Trinajstić information content (AvgIpc) is 2.64. The number of hydrogen-bond donors (Lipinski definition) is 1. The van der Waals surface area contributed by atoms with Gasteiger partial charge in [0.15, 0.2) is 6.61 Å². The molecule has 4 heteroatoms. The Morgan fingerprint density at radius 3 is 2.18 bits per heavy atom. The first-order valence-electron chi connectivity index (χ1n) is 10.9. The topological polar surface area (TPSA) is 55.4 Å². The minimum atomic E-state index is -0.0242. The highest BCUT2D eigenvalue weighted by Gasteiger charge is 2.53. The molecule has 0 aromatic heterocycles. The summed E-state index contributed by atoms with van der Waals surface area (Å²) in [6.45, 7) is 3.87. The van der Waals surface area contributed by atoms with Gasteiger partial charge >= 0.3 is 0 Å². The third kappa shape index (κ3) is 4.26. The Kier molecular flexibility index (Phi) is 5.48. The van der Waals surface area contributed by atoms with Gasteiger partial charge in [0.1, 0.15) is 11.5 Å². The van der Waals surface area contributed by atoms with E-state index in [1.165, 1.54) is 38.5 Å². The molecule has 1 aromatic rings. The standard InChI is InChI=1S/C24H33NO3/c1-16(26)3-4-18-5-7-22(8-6-18)28-15-23(27)25-17(2)24-12-19-9-20(13-24)11-21(10-19)14-24/h5-8,17,19-21H,3-4,9-15H2,1-2H3,(H,25,27)/t17-,19?,20?,21?,24?/m0/s1. The summed E-state index contributed by atoms with van der Waals surface area (Å²) in [5.74, 6) is 3.55. The van der Waals surface area contributed by atoms with E-state index in [1.807, 2.05) is 24.3 Å². The Labute approximate surface area is 168 Å². The maximum Gasteiger partial charge on any atom is 0.258 e. The van der Waals surface area contributed by atoms with Crippen LogP contribution in [0.2, 0.25) is 0 Å². The van der Waals surface area contributed by atoms with Crippen LogP contribution in [-0.4, -0.2) is 24.3 Å². The molecule has 4 bridgehead atoms. The van der Waals surface area contributed by atoms with Gasteiger partial charge in [0, 0.05) is 12.5 Å². The smallest absolute Gasteiger partial charge is 0.258 e. The molecule has 1 N–H and O–H groups in total. The fourth-order valence-corrected chi connectivity index (χ4v) is 6.37. The van der Waals surface area contributed by atoms with E-state index in [-0.39, 0.29) is 24.3 Å². The van der Waals surface area contributed by atoms with E-state index in [0.29, 0.717) is 17.6 Å². The van der Waals surface area contributed by atoms with Crippen molar-refractivity contribution in [2.75, 3.05) is 6.61 Å². The molecule has 4 aliphatic rings. The Hall–Kier alpha value is -1.84. The van der Waals surface area contributed by atoms with Crippen LogP contribution in [0.3, 0.4) is 0 Å². The molecule has 152 valence electrons. The third-order valence-electron chi connectivity index (χ3n) is 7.44. The van der Waals surface area contributed by atoms with E-state index in [4.69, 9.17) is 4.74 Å². The van der Waals surface area contributed by atoms with Crippen molar-refractivity contribution in [1.29, 1.82) is 0 Å². The Bertz CT molecular complexity index is 689. The fraction of sp³-hybridized carbons (Fsp3) is 0.667. The number of ether oxygens (including phenoxy) is 1. The van der Waals surface area contributed by atoms with Gasteiger partial charge in [-0.3, -0.25) is 4.79 Å². The van der Waals surface area contributed by atoms with E-state index in [1.54, 1.807) is 6.92 Å². The van der Waals surface area contributed by atoms with Gasteiger partial charge in [-0.15, -0.1) is 0 Å². The maximum absolute atomic E-state index is 12.5. The number of rotatable bonds is 8. The van der Waals surface area contributed by atoms with Crippen molar-refractivity contribution in [3.05, 3.63) is 29.8 Å². The predicted molar refractivity (Wildman–Crippen MR) is 109 cm³/mol. The molecule has 4 saturated carbocycles. The second kappa shape index (κ2) is 7.88. The zero-order valence-electron chi connectivity index (χ0n) is 17.2. The minimum Gasteiger partial charge on any atom is -0.484 e. The van der Waals surface area contributed by atoms with E-state index in [0.717, 1.165) is 29.7 Å². The van der Waals surface area contributed by atoms with Crippen LogP contribution in [0, 0.1) is 23.2 Å². The van der Waals surface area contributed by atoms with Gasteiger partial charge in [0.25, 0.3) is 5.91 Å². The monoisotopic (exact) mass is 383 g/mol. The second-order valence-electron chi connectivity index (χ2n) is 9.70. The summed E-state index contributed by atoms with van der Waals surface area (Å²) in [5, 5.41) is 3.25. The SMILES string of the molecule is CC(=O)CCc1ccc(OCC(=O)N[C@@H](C)C23CC4CC(CC(C4)C2)C3)cc1. The summed E-state index contributed by atoms with van der Waals surface area (Å²) in [7, 11) is 0. The normalized spacial score (nSPS) is 31.4. The number of ketones is 1. The first-order chi connectivity index (χ1) is 13.4. The molecule has 1 aromatic carbocycles. The average molecular weight is 384 g/mol. The molecule has 28 heavy (non-hydrogen) atoms. The largest absolute Gasteiger partial charge is 0.484 e. The number of carbonyl (C=O) groups is 2. The molecule has 0 heterocycles. The van der Waals surface area contributed by atoms with Gasteiger partial charge in [0.05, 0.1) is 0 Å². The van der Waals surface area contributed by atoms with Crippen LogP contribution in [0.15, 0.2) is 24.3 Å². The number of hydrogen-bond acceptors (Lipinski definition) is 3. The Balaban J connectivity index is 1.26. The van der Waals surface area contributed by atoms with E-state index in [9.17, 15) is 9.59 Å². The third-order valence-corrected chi connectivity index (χ3v) is 7.44. The van der Waals surface area contributed by atoms with Crippen LogP contribution in [0.25, 0.3) is 0 Å². The number of benzene rings is 1. The van der Waals surface area contributed by atoms with Crippen LogP contribution in [0.4, 0.5) is 0 Å². The molecular weight excluding hydrogens is 350 g/mol. The summed E-state index contributed by atoms with van der Waals surface area (Å²) in [4.78, 5) is 23.6. The lowest BCUT2D eigenvalue weighted by Crippen LogP contribution is -2.56. The first-order valence-corrected chi connectivity index (χ1v) is 10.9. The summed E-state index contributed by atoms with van der Waals surface area (Å²) in [6, 6.07) is 7.92. The molecule has 1 amide bonds. The van der Waals surface area contributed by atoms with Crippen molar-refractivity contribution >= 4 is 11.7 Å². The van der Waals surface area contributed by atoms with Gasteiger partial charge in [-0.1, -0.05) is 12.1 Å². The molecule has 5 rings (SSSR count). The second-order valence-corrected chi connectivity index (χ2v) is 9.70. The van der Waals surface area contributed by atoms with Gasteiger partial charge < -0.3 is 14.8 Å². The minimum absolute atomic E-state index is 0.0242. The highest BCUT2D eigenvalue weighted by Crippen LogP contribution is 2.61. The Morgan fingerprint density at radius 2 is 1.64 bits per heavy atom. The lowest BCUT2D eigenvalue weighted by atomic mass is 9.48. The molecule has 4 nitrogen and oxygen atoms in total. The fourth-order valence-electron chi connectivity index (χ4n) is 6.37. The number of carbonyl (C=O) groups excluding carboxylic acids is 2. The van der Waals surface area contributed by atoms with Crippen molar-refractivity contribution in [2.45, 2.75) is 71.3 Å². The van der Waals surface area contributed by atoms with Crippen molar-refractivity contribution in [1.82, 2.24) is 5.32 Å². The van der Waals surface area contributed by atoms with E-state index in [2.05, 4.69) is 12.2 Å². The molecule has 0 unspecified atom stereocenters. The van der Waals surface area contributed by atoms with Crippen LogP contribution in [0.5, 0.6) is 5.75 Å². The lowest BCUT2D eigenvalue weighted by Gasteiger charge is -2.59. The summed E-state index contributed by atoms with van der Waals surface area (Å²) in [6.07, 6.45) is 9.46. The van der Waals surface area contributed by atoms with Crippen LogP contribution in [0.1, 0.15) is 64.4 Å². The number of aryl methyl sites for hydroxylation is 1. The van der Waals surface area contributed by atoms with Crippen molar-refractivity contribution in [3.63, 3.8) is 0 Å².